The summed E-state index contributed by atoms with van der Waals surface area (Å²) in [4.78, 5) is 19.4. The highest BCUT2D eigenvalue weighted by Crippen LogP contribution is 2.30. The van der Waals surface area contributed by atoms with Crippen LogP contribution in [0.4, 0.5) is 0 Å². The van der Waals surface area contributed by atoms with E-state index < -0.39 is 0 Å². The summed E-state index contributed by atoms with van der Waals surface area (Å²) < 4.78 is 11.3. The second-order valence-electron chi connectivity index (χ2n) is 7.67. The summed E-state index contributed by atoms with van der Waals surface area (Å²) in [5.74, 6) is 1.78. The largest absolute Gasteiger partial charge is 0.496 e. The summed E-state index contributed by atoms with van der Waals surface area (Å²) in [5, 5.41) is 0. The molecule has 0 unspecified atom stereocenters. The number of ether oxygens (including phenoxy) is 2. The number of hydrogen-bond donors (Lipinski definition) is 0. The molecule has 2 aromatic carbocycles. The van der Waals surface area contributed by atoms with Gasteiger partial charge in [0.05, 0.1) is 13.5 Å². The van der Waals surface area contributed by atoms with E-state index in [4.69, 9.17) is 9.47 Å². The predicted octanol–water partition coefficient (Wildman–Crippen LogP) is 4.19. The van der Waals surface area contributed by atoms with Crippen LogP contribution >= 0.6 is 0 Å². The molecule has 0 spiro atoms. The SMILES string of the molecule is COc1ccccc1CN(Cc1cccnc1)C(=O)Cc1ccc2c(c1)C[C@@H](C)O2. The van der Waals surface area contributed by atoms with Gasteiger partial charge >= 0.3 is 0 Å². The predicted molar refractivity (Wildman–Crippen MR) is 115 cm³/mol. The first-order valence-electron chi connectivity index (χ1n) is 10.2. The Morgan fingerprint density at radius 2 is 2.00 bits per heavy atom. The lowest BCUT2D eigenvalue weighted by Crippen LogP contribution is -2.31. The Labute approximate surface area is 177 Å². The second-order valence-corrected chi connectivity index (χ2v) is 7.67. The van der Waals surface area contributed by atoms with E-state index in [1.54, 1.807) is 19.5 Å². The highest BCUT2D eigenvalue weighted by atomic mass is 16.5. The van der Waals surface area contributed by atoms with E-state index in [1.807, 2.05) is 53.4 Å². The van der Waals surface area contributed by atoms with Crippen LogP contribution in [0.25, 0.3) is 0 Å². The Bertz CT molecular complexity index is 1020. The number of pyridine rings is 1. The zero-order valence-electron chi connectivity index (χ0n) is 17.4. The molecule has 1 aliphatic heterocycles. The van der Waals surface area contributed by atoms with Crippen LogP contribution in [-0.4, -0.2) is 29.0 Å². The number of rotatable bonds is 7. The molecular weight excluding hydrogens is 376 g/mol. The highest BCUT2D eigenvalue weighted by Gasteiger charge is 2.21. The van der Waals surface area contributed by atoms with Gasteiger partial charge in [0.15, 0.2) is 0 Å². The fourth-order valence-corrected chi connectivity index (χ4v) is 3.86. The molecule has 0 bridgehead atoms. The number of para-hydroxylation sites is 1. The van der Waals surface area contributed by atoms with E-state index in [-0.39, 0.29) is 12.0 Å². The molecule has 154 valence electrons. The van der Waals surface area contributed by atoms with Crippen LogP contribution in [0.15, 0.2) is 67.0 Å². The summed E-state index contributed by atoms with van der Waals surface area (Å²) in [6.07, 6.45) is 4.97. The molecule has 1 aliphatic rings. The monoisotopic (exact) mass is 402 g/mol. The average molecular weight is 402 g/mol. The third-order valence-electron chi connectivity index (χ3n) is 5.32. The van der Waals surface area contributed by atoms with Gasteiger partial charge in [-0.25, -0.2) is 0 Å². The molecule has 5 heteroatoms. The van der Waals surface area contributed by atoms with Gasteiger partial charge in [-0.3, -0.25) is 9.78 Å². The van der Waals surface area contributed by atoms with Gasteiger partial charge in [-0.1, -0.05) is 36.4 Å². The molecule has 4 rings (SSSR count). The first-order valence-corrected chi connectivity index (χ1v) is 10.2. The summed E-state index contributed by atoms with van der Waals surface area (Å²) in [7, 11) is 1.65. The summed E-state index contributed by atoms with van der Waals surface area (Å²) in [6, 6.07) is 17.8. The maximum Gasteiger partial charge on any atom is 0.227 e. The standard InChI is InChI=1S/C25H26N2O3/c1-18-12-22-13-19(9-10-24(22)30-18)14-25(28)27(16-20-6-5-11-26-15-20)17-21-7-3-4-8-23(21)29-2/h3-11,13,15,18H,12,14,16-17H2,1-2H3/t18-/m1/s1. The van der Waals surface area contributed by atoms with E-state index in [2.05, 4.69) is 18.0 Å². The fraction of sp³-hybridized carbons (Fsp3) is 0.280. The Morgan fingerprint density at radius 3 is 2.80 bits per heavy atom. The maximum atomic E-state index is 13.3. The van der Waals surface area contributed by atoms with Gasteiger partial charge in [-0.05, 0) is 41.8 Å². The zero-order chi connectivity index (χ0) is 20.9. The Balaban J connectivity index is 1.55. The molecule has 0 aliphatic carbocycles. The van der Waals surface area contributed by atoms with E-state index in [0.717, 1.165) is 34.6 Å². The number of amides is 1. The molecule has 30 heavy (non-hydrogen) atoms. The number of carbonyl (C=O) groups excluding carboxylic acids is 1. The van der Waals surface area contributed by atoms with Crippen molar-refractivity contribution in [2.24, 2.45) is 0 Å². The van der Waals surface area contributed by atoms with Gasteiger partial charge in [0.25, 0.3) is 0 Å². The number of methoxy groups -OCH3 is 1. The molecule has 1 amide bonds. The Hall–Kier alpha value is -3.34. The van der Waals surface area contributed by atoms with E-state index in [0.29, 0.717) is 19.5 Å². The quantitative estimate of drug-likeness (QED) is 0.595. The molecule has 2 heterocycles. The third kappa shape index (κ3) is 4.62. The van der Waals surface area contributed by atoms with Crippen LogP contribution < -0.4 is 9.47 Å². The molecule has 0 saturated heterocycles. The molecular formula is C25H26N2O3. The fourth-order valence-electron chi connectivity index (χ4n) is 3.86. The smallest absolute Gasteiger partial charge is 0.227 e. The average Bonchev–Trinajstić information content (AvgIpc) is 3.13. The number of nitrogens with zero attached hydrogens (tertiary/aromatic N) is 2. The zero-order valence-corrected chi connectivity index (χ0v) is 17.4. The van der Waals surface area contributed by atoms with Crippen molar-refractivity contribution in [1.82, 2.24) is 9.88 Å². The Morgan fingerprint density at radius 1 is 1.13 bits per heavy atom. The van der Waals surface area contributed by atoms with Crippen LogP contribution in [0.2, 0.25) is 0 Å². The minimum absolute atomic E-state index is 0.0664. The minimum atomic E-state index is 0.0664. The van der Waals surface area contributed by atoms with Crippen molar-refractivity contribution in [3.8, 4) is 11.5 Å². The van der Waals surface area contributed by atoms with Crippen molar-refractivity contribution < 1.29 is 14.3 Å². The molecule has 0 saturated carbocycles. The van der Waals surface area contributed by atoms with Gasteiger partial charge in [-0.2, -0.15) is 0 Å². The minimum Gasteiger partial charge on any atom is -0.496 e. The van der Waals surface area contributed by atoms with Crippen LogP contribution in [0.1, 0.15) is 29.2 Å². The maximum absolute atomic E-state index is 13.3. The van der Waals surface area contributed by atoms with Crippen LogP contribution in [0, 0.1) is 0 Å². The summed E-state index contributed by atoms with van der Waals surface area (Å²) >= 11 is 0. The molecule has 3 aromatic rings. The molecule has 1 atom stereocenters. The highest BCUT2D eigenvalue weighted by molar-refractivity contribution is 5.79. The van der Waals surface area contributed by atoms with Crippen molar-refractivity contribution in [3.63, 3.8) is 0 Å². The van der Waals surface area contributed by atoms with Crippen molar-refractivity contribution in [2.45, 2.75) is 39.0 Å². The molecule has 0 N–H and O–H groups in total. The Kier molecular flexibility index (Phi) is 5.98. The van der Waals surface area contributed by atoms with Gasteiger partial charge in [0.2, 0.25) is 5.91 Å². The lowest BCUT2D eigenvalue weighted by molar-refractivity contribution is -0.131. The number of fused-ring (bicyclic) bond motifs is 1. The lowest BCUT2D eigenvalue weighted by atomic mass is 10.0. The van der Waals surface area contributed by atoms with Crippen LogP contribution in [-0.2, 0) is 30.7 Å². The summed E-state index contributed by atoms with van der Waals surface area (Å²) in [6.45, 7) is 3.03. The topological polar surface area (TPSA) is 51.7 Å². The van der Waals surface area contributed by atoms with E-state index in [1.165, 1.54) is 5.56 Å². The van der Waals surface area contributed by atoms with Crippen molar-refractivity contribution >= 4 is 5.91 Å². The number of hydrogen-bond acceptors (Lipinski definition) is 4. The normalized spacial score (nSPS) is 14.7. The number of carbonyl (C=O) groups is 1. The van der Waals surface area contributed by atoms with Gasteiger partial charge in [-0.15, -0.1) is 0 Å². The van der Waals surface area contributed by atoms with Gasteiger partial charge in [0.1, 0.15) is 17.6 Å². The van der Waals surface area contributed by atoms with Gasteiger partial charge < -0.3 is 14.4 Å². The van der Waals surface area contributed by atoms with Crippen LogP contribution in [0.3, 0.4) is 0 Å². The van der Waals surface area contributed by atoms with Crippen molar-refractivity contribution in [2.75, 3.05) is 7.11 Å². The van der Waals surface area contributed by atoms with Crippen molar-refractivity contribution in [3.05, 3.63) is 89.2 Å². The first kappa shape index (κ1) is 20.0. The third-order valence-corrected chi connectivity index (χ3v) is 5.32. The van der Waals surface area contributed by atoms with Crippen molar-refractivity contribution in [1.29, 1.82) is 0 Å². The second kappa shape index (κ2) is 8.99. The van der Waals surface area contributed by atoms with E-state index >= 15 is 0 Å². The van der Waals surface area contributed by atoms with Crippen LogP contribution in [0.5, 0.6) is 11.5 Å². The molecule has 1 aromatic heterocycles. The van der Waals surface area contributed by atoms with Gasteiger partial charge in [0, 0.05) is 37.5 Å². The molecule has 0 radical (unpaired) electrons. The summed E-state index contributed by atoms with van der Waals surface area (Å²) in [5.41, 5.74) is 4.16. The number of aromatic nitrogens is 1. The lowest BCUT2D eigenvalue weighted by Gasteiger charge is -2.24. The number of benzene rings is 2. The first-order chi connectivity index (χ1) is 14.6. The van der Waals surface area contributed by atoms with E-state index in [9.17, 15) is 4.79 Å². The molecule has 5 nitrogen and oxygen atoms in total. The molecule has 0 fully saturated rings.